The highest BCUT2D eigenvalue weighted by Gasteiger charge is 2.27. The number of rotatable bonds is 4. The van der Waals surface area contributed by atoms with Gasteiger partial charge < -0.3 is 10.4 Å². The highest BCUT2D eigenvalue weighted by molar-refractivity contribution is 9.10. The summed E-state index contributed by atoms with van der Waals surface area (Å²) in [6, 6.07) is 5.64. The minimum absolute atomic E-state index is 0.0104. The van der Waals surface area contributed by atoms with Gasteiger partial charge in [0.1, 0.15) is 0 Å². The molecule has 2 rings (SSSR count). The van der Waals surface area contributed by atoms with Crippen molar-refractivity contribution in [3.8, 4) is 0 Å². The van der Waals surface area contributed by atoms with Crippen molar-refractivity contribution >= 4 is 33.4 Å². The molecule has 0 radical (unpaired) electrons. The van der Waals surface area contributed by atoms with E-state index in [9.17, 15) is 9.90 Å². The summed E-state index contributed by atoms with van der Waals surface area (Å²) in [6.07, 6.45) is 3.34. The van der Waals surface area contributed by atoms with Crippen LogP contribution in [0.25, 0.3) is 0 Å². The smallest absolute Gasteiger partial charge is 0.224 e. The van der Waals surface area contributed by atoms with Crippen LogP contribution in [-0.2, 0) is 11.2 Å². The van der Waals surface area contributed by atoms with Crippen LogP contribution >= 0.6 is 27.5 Å². The van der Waals surface area contributed by atoms with E-state index in [1.54, 1.807) is 6.07 Å². The van der Waals surface area contributed by atoms with Gasteiger partial charge in [-0.15, -0.1) is 0 Å². The predicted molar refractivity (Wildman–Crippen MR) is 79.2 cm³/mol. The van der Waals surface area contributed by atoms with Crippen molar-refractivity contribution < 1.29 is 9.90 Å². The van der Waals surface area contributed by atoms with Gasteiger partial charge in [-0.05, 0) is 46.5 Å². The zero-order valence-corrected chi connectivity index (χ0v) is 12.9. The average molecular weight is 347 g/mol. The van der Waals surface area contributed by atoms with E-state index in [2.05, 4.69) is 21.2 Å². The highest BCUT2D eigenvalue weighted by atomic mass is 79.9. The van der Waals surface area contributed by atoms with Crippen molar-refractivity contribution in [3.63, 3.8) is 0 Å². The Kier molecular flexibility index (Phi) is 5.25. The Balaban J connectivity index is 1.92. The quantitative estimate of drug-likeness (QED) is 0.880. The minimum atomic E-state index is -0.0104. The molecule has 19 heavy (non-hydrogen) atoms. The summed E-state index contributed by atoms with van der Waals surface area (Å²) in [4.78, 5) is 12.0. The lowest BCUT2D eigenvalue weighted by Gasteiger charge is -2.19. The zero-order chi connectivity index (χ0) is 13.8. The number of hydrogen-bond acceptors (Lipinski definition) is 2. The van der Waals surface area contributed by atoms with Crippen LogP contribution in [0.15, 0.2) is 22.7 Å². The van der Waals surface area contributed by atoms with E-state index in [4.69, 9.17) is 11.6 Å². The maximum absolute atomic E-state index is 12.0. The Morgan fingerprint density at radius 3 is 2.95 bits per heavy atom. The lowest BCUT2D eigenvalue weighted by Crippen LogP contribution is -2.39. The van der Waals surface area contributed by atoms with Gasteiger partial charge in [-0.2, -0.15) is 0 Å². The number of hydrogen-bond donors (Lipinski definition) is 2. The fourth-order valence-electron chi connectivity index (χ4n) is 2.54. The van der Waals surface area contributed by atoms with E-state index < -0.39 is 0 Å². The first kappa shape index (κ1) is 14.8. The number of benzene rings is 1. The van der Waals surface area contributed by atoms with Crippen LogP contribution < -0.4 is 5.32 Å². The molecule has 5 heteroatoms. The van der Waals surface area contributed by atoms with Gasteiger partial charge in [-0.1, -0.05) is 24.1 Å². The SMILES string of the molecule is O=C(Cc1ccc(Br)c(Cl)c1)N[C@@H]1CCC[C@H]1CO. The second kappa shape index (κ2) is 6.73. The highest BCUT2D eigenvalue weighted by Crippen LogP contribution is 2.26. The number of carbonyl (C=O) groups excluding carboxylic acids is 1. The Bertz CT molecular complexity index is 467. The molecule has 1 aliphatic rings. The van der Waals surface area contributed by atoms with Gasteiger partial charge in [-0.25, -0.2) is 0 Å². The van der Waals surface area contributed by atoms with Crippen molar-refractivity contribution in [2.24, 2.45) is 5.92 Å². The van der Waals surface area contributed by atoms with E-state index in [0.717, 1.165) is 29.3 Å². The first-order valence-corrected chi connectivity index (χ1v) is 7.61. The van der Waals surface area contributed by atoms with Crippen molar-refractivity contribution in [3.05, 3.63) is 33.3 Å². The first-order chi connectivity index (χ1) is 9.10. The molecule has 0 spiro atoms. The largest absolute Gasteiger partial charge is 0.396 e. The molecule has 0 heterocycles. The number of amides is 1. The summed E-state index contributed by atoms with van der Waals surface area (Å²) >= 11 is 9.33. The summed E-state index contributed by atoms with van der Waals surface area (Å²) in [5, 5.41) is 12.9. The number of aliphatic hydroxyl groups excluding tert-OH is 1. The lowest BCUT2D eigenvalue weighted by atomic mass is 10.0. The second-order valence-electron chi connectivity index (χ2n) is 4.97. The molecule has 0 aliphatic heterocycles. The van der Waals surface area contributed by atoms with Crippen LogP contribution in [0.1, 0.15) is 24.8 Å². The van der Waals surface area contributed by atoms with Crippen molar-refractivity contribution in [1.29, 1.82) is 0 Å². The molecule has 0 aromatic heterocycles. The zero-order valence-electron chi connectivity index (χ0n) is 10.5. The van der Waals surface area contributed by atoms with Gasteiger partial charge in [0.2, 0.25) is 5.91 Å². The molecule has 1 fully saturated rings. The van der Waals surface area contributed by atoms with E-state index >= 15 is 0 Å². The van der Waals surface area contributed by atoms with Gasteiger partial charge in [0, 0.05) is 23.0 Å². The van der Waals surface area contributed by atoms with Gasteiger partial charge in [0.15, 0.2) is 0 Å². The number of carbonyl (C=O) groups is 1. The third-order valence-corrected chi connectivity index (χ3v) is 4.82. The molecular weight excluding hydrogens is 330 g/mol. The molecule has 3 nitrogen and oxygen atoms in total. The number of nitrogens with one attached hydrogen (secondary N) is 1. The molecule has 0 saturated heterocycles. The summed E-state index contributed by atoms with van der Waals surface area (Å²) in [6.45, 7) is 0.148. The van der Waals surface area contributed by atoms with E-state index in [1.165, 1.54) is 0 Å². The lowest BCUT2D eigenvalue weighted by molar-refractivity contribution is -0.121. The standard InChI is InChI=1S/C14H17BrClNO2/c15-11-5-4-9(6-12(11)16)7-14(19)17-13-3-1-2-10(13)8-18/h4-6,10,13,18H,1-3,7-8H2,(H,17,19)/t10-,13+/m0/s1. The first-order valence-electron chi connectivity index (χ1n) is 6.44. The summed E-state index contributed by atoms with van der Waals surface area (Å²) < 4.78 is 0.828. The summed E-state index contributed by atoms with van der Waals surface area (Å²) in [5.74, 6) is 0.196. The van der Waals surface area contributed by atoms with Crippen LogP contribution in [0.4, 0.5) is 0 Å². The summed E-state index contributed by atoms with van der Waals surface area (Å²) in [7, 11) is 0. The average Bonchev–Trinajstić information content (AvgIpc) is 2.81. The Hall–Kier alpha value is -0.580. The molecule has 0 unspecified atom stereocenters. The van der Waals surface area contributed by atoms with Crippen LogP contribution in [0, 0.1) is 5.92 Å². The molecule has 1 aromatic rings. The molecular formula is C14H17BrClNO2. The van der Waals surface area contributed by atoms with Gasteiger partial charge in [0.05, 0.1) is 11.4 Å². The molecule has 2 N–H and O–H groups in total. The second-order valence-corrected chi connectivity index (χ2v) is 6.23. The monoisotopic (exact) mass is 345 g/mol. The summed E-state index contributed by atoms with van der Waals surface area (Å²) in [5.41, 5.74) is 0.893. The van der Waals surface area contributed by atoms with Crippen LogP contribution in [-0.4, -0.2) is 23.7 Å². The normalized spacial score (nSPS) is 22.5. The molecule has 0 bridgehead atoms. The van der Waals surface area contributed by atoms with Crippen LogP contribution in [0.3, 0.4) is 0 Å². The van der Waals surface area contributed by atoms with Crippen LogP contribution in [0.5, 0.6) is 0 Å². The number of aliphatic hydroxyl groups is 1. The molecule has 1 aromatic carbocycles. The van der Waals surface area contributed by atoms with Crippen molar-refractivity contribution in [2.75, 3.05) is 6.61 Å². The van der Waals surface area contributed by atoms with Gasteiger partial charge >= 0.3 is 0 Å². The predicted octanol–water partition coefficient (Wildman–Crippen LogP) is 2.92. The third kappa shape index (κ3) is 3.94. The molecule has 1 saturated carbocycles. The number of halogens is 2. The fraction of sp³-hybridized carbons (Fsp3) is 0.500. The van der Waals surface area contributed by atoms with Gasteiger partial charge in [0.25, 0.3) is 0 Å². The van der Waals surface area contributed by atoms with E-state index in [-0.39, 0.29) is 24.5 Å². The Labute approximate surface area is 126 Å². The molecule has 1 amide bonds. The van der Waals surface area contributed by atoms with Crippen molar-refractivity contribution in [1.82, 2.24) is 5.32 Å². The van der Waals surface area contributed by atoms with Gasteiger partial charge in [-0.3, -0.25) is 4.79 Å². The fourth-order valence-corrected chi connectivity index (χ4v) is 2.99. The van der Waals surface area contributed by atoms with E-state index in [0.29, 0.717) is 11.4 Å². The molecule has 1 aliphatic carbocycles. The minimum Gasteiger partial charge on any atom is -0.396 e. The topological polar surface area (TPSA) is 49.3 Å². The Morgan fingerprint density at radius 2 is 2.26 bits per heavy atom. The maximum Gasteiger partial charge on any atom is 0.224 e. The molecule has 2 atom stereocenters. The van der Waals surface area contributed by atoms with Crippen LogP contribution in [0.2, 0.25) is 5.02 Å². The van der Waals surface area contributed by atoms with E-state index in [1.807, 2.05) is 12.1 Å². The third-order valence-electron chi connectivity index (χ3n) is 3.59. The van der Waals surface area contributed by atoms with Crippen molar-refractivity contribution in [2.45, 2.75) is 31.7 Å². The maximum atomic E-state index is 12.0. The molecule has 104 valence electrons. The Morgan fingerprint density at radius 1 is 1.47 bits per heavy atom.